The van der Waals surface area contributed by atoms with Crippen LogP contribution in [-0.2, 0) is 6.54 Å². The maximum absolute atomic E-state index is 13.5. The fourth-order valence-electron chi connectivity index (χ4n) is 1.63. The molecule has 20 heavy (non-hydrogen) atoms. The predicted octanol–water partition coefficient (Wildman–Crippen LogP) is 3.19. The minimum absolute atomic E-state index is 0.232. The van der Waals surface area contributed by atoms with Gasteiger partial charge < -0.3 is 10.6 Å². The fourth-order valence-corrected chi connectivity index (χ4v) is 1.63. The molecule has 0 unspecified atom stereocenters. The van der Waals surface area contributed by atoms with Gasteiger partial charge in [-0.25, -0.2) is 13.8 Å². The zero-order chi connectivity index (χ0) is 14.4. The first-order valence-electron chi connectivity index (χ1n) is 6.43. The van der Waals surface area contributed by atoms with Gasteiger partial charge in [0, 0.05) is 30.9 Å². The van der Waals surface area contributed by atoms with Crippen LogP contribution in [0.5, 0.6) is 0 Å². The molecule has 0 aliphatic carbocycles. The molecule has 4 nitrogen and oxygen atoms in total. The van der Waals surface area contributed by atoms with E-state index in [-0.39, 0.29) is 6.54 Å². The molecule has 2 N–H and O–H groups in total. The Morgan fingerprint density at radius 2 is 2.00 bits per heavy atom. The van der Waals surface area contributed by atoms with Gasteiger partial charge in [0.05, 0.1) is 0 Å². The van der Waals surface area contributed by atoms with Crippen LogP contribution in [0.15, 0.2) is 30.5 Å². The highest BCUT2D eigenvalue weighted by Crippen LogP contribution is 2.12. The Balaban J connectivity index is 1.99. The molecular weight excluding hydrogens is 262 g/mol. The van der Waals surface area contributed by atoms with Gasteiger partial charge in [0.2, 0.25) is 5.95 Å². The third kappa shape index (κ3) is 3.88. The quantitative estimate of drug-likeness (QED) is 0.852. The van der Waals surface area contributed by atoms with Gasteiger partial charge in [0.25, 0.3) is 0 Å². The average molecular weight is 278 g/mol. The van der Waals surface area contributed by atoms with E-state index < -0.39 is 11.6 Å². The molecule has 0 atom stereocenters. The van der Waals surface area contributed by atoms with Crippen LogP contribution >= 0.6 is 0 Å². The second-order valence-electron chi connectivity index (χ2n) is 4.28. The lowest BCUT2D eigenvalue weighted by atomic mass is 10.2. The predicted molar refractivity (Wildman–Crippen MR) is 74.5 cm³/mol. The van der Waals surface area contributed by atoms with Crippen molar-refractivity contribution in [3.05, 3.63) is 47.7 Å². The lowest BCUT2D eigenvalue weighted by Gasteiger charge is -2.08. The van der Waals surface area contributed by atoms with Crippen LogP contribution in [0.4, 0.5) is 20.5 Å². The molecule has 0 saturated heterocycles. The zero-order valence-electron chi connectivity index (χ0n) is 11.2. The van der Waals surface area contributed by atoms with E-state index in [1.807, 2.05) is 6.92 Å². The Morgan fingerprint density at radius 3 is 2.75 bits per heavy atom. The Hall–Kier alpha value is -2.24. The van der Waals surface area contributed by atoms with Gasteiger partial charge in [-0.1, -0.05) is 13.0 Å². The average Bonchev–Trinajstić information content (AvgIpc) is 2.45. The van der Waals surface area contributed by atoms with Crippen molar-refractivity contribution >= 4 is 11.8 Å². The molecule has 0 aliphatic rings. The molecule has 2 rings (SSSR count). The molecule has 1 aromatic heterocycles. The van der Waals surface area contributed by atoms with E-state index in [4.69, 9.17) is 0 Å². The standard InChI is InChI=1S/C14H16F2N4/c1-2-6-17-14-18-7-5-13(20-14)19-9-10-3-4-11(15)8-12(10)16/h3-5,7-8H,2,6,9H2,1H3,(H2,17,18,19,20). The Morgan fingerprint density at radius 1 is 1.15 bits per heavy atom. The molecule has 0 fully saturated rings. The fraction of sp³-hybridized carbons (Fsp3) is 0.286. The van der Waals surface area contributed by atoms with Crippen LogP contribution in [0.1, 0.15) is 18.9 Å². The molecule has 0 amide bonds. The number of rotatable bonds is 6. The number of benzene rings is 1. The van der Waals surface area contributed by atoms with Crippen LogP contribution in [-0.4, -0.2) is 16.5 Å². The molecule has 1 aromatic carbocycles. The highest BCUT2D eigenvalue weighted by atomic mass is 19.1. The van der Waals surface area contributed by atoms with Gasteiger partial charge >= 0.3 is 0 Å². The molecule has 6 heteroatoms. The maximum atomic E-state index is 13.5. The van der Waals surface area contributed by atoms with Gasteiger partial charge in [-0.3, -0.25) is 0 Å². The Bertz CT molecular complexity index is 575. The summed E-state index contributed by atoms with van der Waals surface area (Å²) in [5.74, 6) is -0.0472. The van der Waals surface area contributed by atoms with Crippen molar-refractivity contribution in [2.75, 3.05) is 17.2 Å². The zero-order valence-corrected chi connectivity index (χ0v) is 11.2. The minimum atomic E-state index is -0.584. The lowest BCUT2D eigenvalue weighted by molar-refractivity contribution is 0.574. The van der Waals surface area contributed by atoms with Gasteiger partial charge in [0.15, 0.2) is 0 Å². The number of nitrogens with one attached hydrogen (secondary N) is 2. The second-order valence-corrected chi connectivity index (χ2v) is 4.28. The van der Waals surface area contributed by atoms with Crippen molar-refractivity contribution in [2.24, 2.45) is 0 Å². The molecule has 0 saturated carbocycles. The number of aromatic nitrogens is 2. The smallest absolute Gasteiger partial charge is 0.224 e. The van der Waals surface area contributed by atoms with Crippen LogP contribution in [0, 0.1) is 11.6 Å². The van der Waals surface area contributed by atoms with Crippen LogP contribution in [0.25, 0.3) is 0 Å². The van der Waals surface area contributed by atoms with E-state index in [0.717, 1.165) is 19.0 Å². The molecule has 2 aromatic rings. The van der Waals surface area contributed by atoms with Crippen molar-refractivity contribution < 1.29 is 8.78 Å². The molecule has 1 heterocycles. The highest BCUT2D eigenvalue weighted by Gasteiger charge is 2.04. The van der Waals surface area contributed by atoms with Gasteiger partial charge in [0.1, 0.15) is 17.5 Å². The first kappa shape index (κ1) is 14.2. The van der Waals surface area contributed by atoms with E-state index in [1.165, 1.54) is 12.1 Å². The Kier molecular flexibility index (Phi) is 4.81. The molecule has 0 bridgehead atoms. The van der Waals surface area contributed by atoms with Crippen molar-refractivity contribution in [2.45, 2.75) is 19.9 Å². The van der Waals surface area contributed by atoms with Crippen molar-refractivity contribution in [3.63, 3.8) is 0 Å². The summed E-state index contributed by atoms with van der Waals surface area (Å²) in [5.41, 5.74) is 0.382. The van der Waals surface area contributed by atoms with Crippen LogP contribution in [0.2, 0.25) is 0 Å². The summed E-state index contributed by atoms with van der Waals surface area (Å²) in [4.78, 5) is 8.32. The summed E-state index contributed by atoms with van der Waals surface area (Å²) in [7, 11) is 0. The van der Waals surface area contributed by atoms with Crippen LogP contribution < -0.4 is 10.6 Å². The molecule has 106 valence electrons. The third-order valence-electron chi connectivity index (χ3n) is 2.66. The van der Waals surface area contributed by atoms with Gasteiger partial charge in [-0.05, 0) is 18.6 Å². The summed E-state index contributed by atoms with van der Waals surface area (Å²) in [5, 5.41) is 6.05. The van der Waals surface area contributed by atoms with Gasteiger partial charge in [-0.2, -0.15) is 4.98 Å². The van der Waals surface area contributed by atoms with Crippen molar-refractivity contribution in [1.82, 2.24) is 9.97 Å². The monoisotopic (exact) mass is 278 g/mol. The summed E-state index contributed by atoms with van der Waals surface area (Å²) in [6.45, 7) is 3.07. The summed E-state index contributed by atoms with van der Waals surface area (Å²) in [6.07, 6.45) is 2.59. The molecule has 0 spiro atoms. The van der Waals surface area contributed by atoms with Crippen molar-refractivity contribution in [1.29, 1.82) is 0 Å². The number of nitrogens with zero attached hydrogens (tertiary/aromatic N) is 2. The SMILES string of the molecule is CCCNc1nccc(NCc2ccc(F)cc2F)n1. The summed E-state index contributed by atoms with van der Waals surface area (Å²) in [6, 6.07) is 5.20. The van der Waals surface area contributed by atoms with E-state index in [2.05, 4.69) is 20.6 Å². The van der Waals surface area contributed by atoms with Crippen molar-refractivity contribution in [3.8, 4) is 0 Å². The molecule has 0 radical (unpaired) electrons. The number of halogens is 2. The maximum Gasteiger partial charge on any atom is 0.224 e. The number of hydrogen-bond acceptors (Lipinski definition) is 4. The largest absolute Gasteiger partial charge is 0.366 e. The van der Waals surface area contributed by atoms with E-state index in [0.29, 0.717) is 17.3 Å². The first-order valence-corrected chi connectivity index (χ1v) is 6.43. The van der Waals surface area contributed by atoms with E-state index in [1.54, 1.807) is 12.3 Å². The highest BCUT2D eigenvalue weighted by molar-refractivity contribution is 5.40. The minimum Gasteiger partial charge on any atom is -0.366 e. The summed E-state index contributed by atoms with van der Waals surface area (Å²) < 4.78 is 26.3. The summed E-state index contributed by atoms with van der Waals surface area (Å²) >= 11 is 0. The topological polar surface area (TPSA) is 49.8 Å². The number of hydrogen-bond donors (Lipinski definition) is 2. The lowest BCUT2D eigenvalue weighted by Crippen LogP contribution is -2.08. The second kappa shape index (κ2) is 6.79. The molecular formula is C14H16F2N4. The molecule has 0 aliphatic heterocycles. The normalized spacial score (nSPS) is 10.3. The first-order chi connectivity index (χ1) is 9.69. The third-order valence-corrected chi connectivity index (χ3v) is 2.66. The van der Waals surface area contributed by atoms with Crippen LogP contribution in [0.3, 0.4) is 0 Å². The van der Waals surface area contributed by atoms with E-state index in [9.17, 15) is 8.78 Å². The Labute approximate surface area is 116 Å². The number of anilines is 2. The van der Waals surface area contributed by atoms with E-state index >= 15 is 0 Å². The van der Waals surface area contributed by atoms with Gasteiger partial charge in [-0.15, -0.1) is 0 Å².